The summed E-state index contributed by atoms with van der Waals surface area (Å²) in [4.78, 5) is 30.5. The molecule has 0 radical (unpaired) electrons. The van der Waals surface area contributed by atoms with Gasteiger partial charge in [-0.3, -0.25) is 4.79 Å². The topological polar surface area (TPSA) is 80.9 Å². The fourth-order valence-corrected chi connectivity index (χ4v) is 5.78. The predicted molar refractivity (Wildman–Crippen MR) is 162 cm³/mol. The van der Waals surface area contributed by atoms with Crippen LogP contribution in [-0.2, 0) is 16.1 Å². The van der Waals surface area contributed by atoms with Gasteiger partial charge in [0.15, 0.2) is 0 Å². The number of carbonyl (C=O) groups excluding carboxylic acids is 2. The lowest BCUT2D eigenvalue weighted by Crippen LogP contribution is -2.14. The molecule has 1 N–H and O–H groups in total. The Balaban J connectivity index is 1.56. The molecule has 9 heteroatoms. The molecule has 5 rings (SSSR count). The zero-order chi connectivity index (χ0) is 28.4. The average Bonchev–Trinajstić information content (AvgIpc) is 3.43. The summed E-state index contributed by atoms with van der Waals surface area (Å²) in [6.07, 6.45) is 3.75. The van der Waals surface area contributed by atoms with E-state index in [0.29, 0.717) is 27.1 Å². The van der Waals surface area contributed by atoms with Crippen LogP contribution in [0.2, 0.25) is 10.0 Å². The third-order valence-electron chi connectivity index (χ3n) is 6.39. The summed E-state index contributed by atoms with van der Waals surface area (Å²) in [5, 5.41) is 13.2. The molecular formula is C31H24Cl2N2O4S. The van der Waals surface area contributed by atoms with E-state index in [0.717, 1.165) is 39.4 Å². The number of aliphatic hydroxyl groups excluding tert-OH is 1. The summed E-state index contributed by atoms with van der Waals surface area (Å²) in [5.74, 6) is -1.52. The number of ether oxygens (including phenoxy) is 1. The molecule has 1 aliphatic heterocycles. The standard InChI is InChI=1S/C31H24Cl2N2O4S/c1-3-39-31(38)27-28(36)26(40-30(27)34-29(37)21-9-5-4-8-18(21)2)15-20-17-35(25-11-7-6-10-22(20)25)16-19-12-13-23(32)24(33)14-19/h4-15,17,36H,3,16H2,1-2H3/b26-15-,34-30?. The molecule has 0 unspecified atom stereocenters. The number of para-hydroxylation sites is 1. The number of fused-ring (bicyclic) bond motifs is 1. The van der Waals surface area contributed by atoms with Crippen LogP contribution in [0.4, 0.5) is 0 Å². The molecule has 1 amide bonds. The maximum atomic E-state index is 13.0. The Kier molecular flexibility index (Phi) is 8.17. The molecule has 0 atom stereocenters. The number of halogens is 2. The SMILES string of the molecule is CCOC(=O)C1=C(O)/C(=C/c2cn(Cc3ccc(Cl)c(Cl)c3)c3ccccc23)SC1=NC(=O)c1ccccc1C. The van der Waals surface area contributed by atoms with Gasteiger partial charge in [0.25, 0.3) is 5.91 Å². The molecule has 0 spiro atoms. The van der Waals surface area contributed by atoms with Crippen molar-refractivity contribution in [2.75, 3.05) is 6.61 Å². The molecule has 1 aliphatic rings. The van der Waals surface area contributed by atoms with Crippen molar-refractivity contribution in [3.05, 3.63) is 121 Å². The minimum absolute atomic E-state index is 0.0926. The molecule has 2 heterocycles. The van der Waals surface area contributed by atoms with Gasteiger partial charge >= 0.3 is 5.97 Å². The highest BCUT2D eigenvalue weighted by Crippen LogP contribution is 2.40. The second kappa shape index (κ2) is 11.8. The Bertz CT molecular complexity index is 1750. The van der Waals surface area contributed by atoms with E-state index in [4.69, 9.17) is 27.9 Å². The van der Waals surface area contributed by atoms with Gasteiger partial charge in [-0.15, -0.1) is 0 Å². The van der Waals surface area contributed by atoms with E-state index in [1.54, 1.807) is 31.2 Å². The van der Waals surface area contributed by atoms with E-state index in [9.17, 15) is 14.7 Å². The summed E-state index contributed by atoms with van der Waals surface area (Å²) in [5.41, 5.74) is 3.82. The largest absolute Gasteiger partial charge is 0.506 e. The first-order valence-electron chi connectivity index (χ1n) is 12.5. The average molecular weight is 592 g/mol. The fourth-order valence-electron chi connectivity index (χ4n) is 4.45. The molecule has 40 heavy (non-hydrogen) atoms. The summed E-state index contributed by atoms with van der Waals surface area (Å²) in [6.45, 7) is 4.14. The predicted octanol–water partition coefficient (Wildman–Crippen LogP) is 8.01. The number of hydrogen-bond donors (Lipinski definition) is 1. The van der Waals surface area contributed by atoms with Gasteiger partial charge in [-0.25, -0.2) is 9.79 Å². The Labute approximate surface area is 245 Å². The van der Waals surface area contributed by atoms with Crippen molar-refractivity contribution >= 4 is 68.9 Å². The van der Waals surface area contributed by atoms with Crippen LogP contribution < -0.4 is 0 Å². The third-order valence-corrected chi connectivity index (χ3v) is 8.15. The van der Waals surface area contributed by atoms with Crippen LogP contribution in [0.1, 0.15) is 34.0 Å². The van der Waals surface area contributed by atoms with Crippen LogP contribution in [-0.4, -0.2) is 33.2 Å². The zero-order valence-corrected chi connectivity index (χ0v) is 24.0. The van der Waals surface area contributed by atoms with Gasteiger partial charge in [0.2, 0.25) is 0 Å². The van der Waals surface area contributed by atoms with Crippen molar-refractivity contribution in [1.82, 2.24) is 4.57 Å². The Morgan fingerprint density at radius 1 is 1.05 bits per heavy atom. The number of nitrogens with zero attached hydrogens (tertiary/aromatic N) is 2. The van der Waals surface area contributed by atoms with E-state index in [2.05, 4.69) is 9.56 Å². The molecule has 4 aromatic rings. The number of aryl methyl sites for hydroxylation is 1. The van der Waals surface area contributed by atoms with Crippen LogP contribution in [0.15, 0.2) is 94.2 Å². The van der Waals surface area contributed by atoms with Crippen LogP contribution in [0, 0.1) is 6.92 Å². The van der Waals surface area contributed by atoms with Crippen LogP contribution in [0.25, 0.3) is 17.0 Å². The van der Waals surface area contributed by atoms with Gasteiger partial charge in [-0.05, 0) is 55.3 Å². The molecule has 0 saturated heterocycles. The molecule has 0 bridgehead atoms. The quantitative estimate of drug-likeness (QED) is 0.230. The molecule has 202 valence electrons. The number of aliphatic imine (C=N–C) groups is 1. The van der Waals surface area contributed by atoms with Crippen LogP contribution in [0.5, 0.6) is 0 Å². The number of carbonyl (C=O) groups is 2. The summed E-state index contributed by atoms with van der Waals surface area (Å²) in [7, 11) is 0. The minimum Gasteiger partial charge on any atom is -0.506 e. The first kappa shape index (κ1) is 27.8. The van der Waals surface area contributed by atoms with Crippen molar-refractivity contribution in [3.8, 4) is 0 Å². The van der Waals surface area contributed by atoms with Gasteiger partial charge in [0.1, 0.15) is 16.4 Å². The monoisotopic (exact) mass is 590 g/mol. The third kappa shape index (κ3) is 5.59. The lowest BCUT2D eigenvalue weighted by Gasteiger charge is -2.06. The minimum atomic E-state index is -0.741. The molecule has 1 aromatic heterocycles. The first-order valence-corrected chi connectivity index (χ1v) is 14.0. The van der Waals surface area contributed by atoms with Gasteiger partial charge in [0.05, 0.1) is 21.6 Å². The van der Waals surface area contributed by atoms with Crippen molar-refractivity contribution in [2.24, 2.45) is 4.99 Å². The number of benzene rings is 3. The van der Waals surface area contributed by atoms with Gasteiger partial charge in [0, 0.05) is 34.8 Å². The van der Waals surface area contributed by atoms with E-state index in [1.807, 2.05) is 61.7 Å². The number of hydrogen-bond acceptors (Lipinski definition) is 5. The van der Waals surface area contributed by atoms with Crippen LogP contribution in [0.3, 0.4) is 0 Å². The highest BCUT2D eigenvalue weighted by Gasteiger charge is 2.34. The molecule has 0 aliphatic carbocycles. The van der Waals surface area contributed by atoms with Crippen molar-refractivity contribution in [1.29, 1.82) is 0 Å². The number of esters is 1. The summed E-state index contributed by atoms with van der Waals surface area (Å²) >= 11 is 13.4. The van der Waals surface area contributed by atoms with Crippen LogP contribution >= 0.6 is 35.0 Å². The molecular weight excluding hydrogens is 567 g/mol. The normalized spacial score (nSPS) is 15.4. The summed E-state index contributed by atoms with van der Waals surface area (Å²) < 4.78 is 7.26. The Hall–Kier alpha value is -3.78. The number of amides is 1. The first-order chi connectivity index (χ1) is 19.3. The summed E-state index contributed by atoms with van der Waals surface area (Å²) in [6, 6.07) is 20.5. The number of aliphatic hydroxyl groups is 1. The van der Waals surface area contributed by atoms with E-state index in [-0.39, 0.29) is 23.0 Å². The maximum absolute atomic E-state index is 13.0. The Morgan fingerprint density at radius 3 is 2.55 bits per heavy atom. The van der Waals surface area contributed by atoms with Gasteiger partial charge in [-0.1, -0.05) is 77.4 Å². The van der Waals surface area contributed by atoms with E-state index >= 15 is 0 Å². The second-order valence-corrected chi connectivity index (χ2v) is 10.9. The zero-order valence-electron chi connectivity index (χ0n) is 21.7. The molecule has 6 nitrogen and oxygen atoms in total. The lowest BCUT2D eigenvalue weighted by atomic mass is 10.1. The second-order valence-electron chi connectivity index (χ2n) is 9.07. The lowest BCUT2D eigenvalue weighted by molar-refractivity contribution is -0.138. The molecule has 3 aromatic carbocycles. The Morgan fingerprint density at radius 2 is 1.80 bits per heavy atom. The van der Waals surface area contributed by atoms with E-state index < -0.39 is 11.9 Å². The highest BCUT2D eigenvalue weighted by atomic mass is 35.5. The van der Waals surface area contributed by atoms with Crippen molar-refractivity contribution in [3.63, 3.8) is 0 Å². The molecule has 0 fully saturated rings. The molecule has 0 saturated carbocycles. The van der Waals surface area contributed by atoms with Crippen molar-refractivity contribution < 1.29 is 19.4 Å². The van der Waals surface area contributed by atoms with Crippen molar-refractivity contribution in [2.45, 2.75) is 20.4 Å². The number of thioether (sulfide) groups is 1. The van der Waals surface area contributed by atoms with Gasteiger partial charge < -0.3 is 14.4 Å². The van der Waals surface area contributed by atoms with E-state index in [1.165, 1.54) is 0 Å². The smallest absolute Gasteiger partial charge is 0.344 e. The fraction of sp³-hybridized carbons (Fsp3) is 0.129. The highest BCUT2D eigenvalue weighted by molar-refractivity contribution is 8.18. The maximum Gasteiger partial charge on any atom is 0.344 e. The number of rotatable bonds is 6. The number of aromatic nitrogens is 1. The van der Waals surface area contributed by atoms with Gasteiger partial charge in [-0.2, -0.15) is 0 Å².